The van der Waals surface area contributed by atoms with Crippen molar-refractivity contribution >= 4 is 29.1 Å². The number of halogens is 2. The smallest absolute Gasteiger partial charge is 0.223 e. The van der Waals surface area contributed by atoms with E-state index in [1.807, 2.05) is 0 Å². The number of amides is 1. The van der Waals surface area contributed by atoms with Gasteiger partial charge in [0.2, 0.25) is 5.91 Å². The number of benzene rings is 1. The summed E-state index contributed by atoms with van der Waals surface area (Å²) in [6.45, 7) is 6.26. The number of rotatable bonds is 9. The average molecular weight is 387 g/mol. The van der Waals surface area contributed by atoms with Gasteiger partial charge in [-0.15, -0.1) is 0 Å². The van der Waals surface area contributed by atoms with Crippen molar-refractivity contribution in [3.8, 4) is 5.75 Å². The lowest BCUT2D eigenvalue weighted by Gasteiger charge is -2.31. The molecule has 0 spiro atoms. The van der Waals surface area contributed by atoms with Crippen molar-refractivity contribution in [1.82, 2.24) is 10.2 Å². The summed E-state index contributed by atoms with van der Waals surface area (Å²) in [5, 5.41) is 4.21. The molecule has 0 unspecified atom stereocenters. The number of ether oxygens (including phenoxy) is 1. The Balaban J connectivity index is 1.62. The van der Waals surface area contributed by atoms with E-state index in [0.717, 1.165) is 45.4 Å². The monoisotopic (exact) mass is 386 g/mol. The van der Waals surface area contributed by atoms with Crippen LogP contribution in [0.3, 0.4) is 0 Å². The third kappa shape index (κ3) is 7.04. The molecule has 1 heterocycles. The Hall–Kier alpha value is -0.970. The van der Waals surface area contributed by atoms with Crippen LogP contribution in [0.1, 0.15) is 39.0 Å². The molecule has 6 heteroatoms. The zero-order valence-corrected chi connectivity index (χ0v) is 16.4. The first kappa shape index (κ1) is 20.3. The highest BCUT2D eigenvalue weighted by Gasteiger charge is 2.24. The van der Waals surface area contributed by atoms with Gasteiger partial charge in [-0.3, -0.25) is 9.69 Å². The number of nitrogens with one attached hydrogen (secondary N) is 1. The number of piperidine rings is 1. The van der Waals surface area contributed by atoms with Gasteiger partial charge in [-0.05, 0) is 50.6 Å². The number of carbonyl (C=O) groups excluding carboxylic acids is 1. The molecule has 1 saturated heterocycles. The van der Waals surface area contributed by atoms with E-state index < -0.39 is 0 Å². The summed E-state index contributed by atoms with van der Waals surface area (Å²) in [5.41, 5.74) is 0. The first-order valence-corrected chi connectivity index (χ1v) is 9.93. The van der Waals surface area contributed by atoms with Gasteiger partial charge in [-0.1, -0.05) is 43.0 Å². The van der Waals surface area contributed by atoms with Crippen LogP contribution < -0.4 is 10.1 Å². The molecular weight excluding hydrogens is 359 g/mol. The van der Waals surface area contributed by atoms with E-state index in [1.165, 1.54) is 12.8 Å². The minimum atomic E-state index is 0.157. The van der Waals surface area contributed by atoms with Crippen molar-refractivity contribution in [1.29, 1.82) is 0 Å². The quantitative estimate of drug-likeness (QED) is 0.639. The van der Waals surface area contributed by atoms with Gasteiger partial charge in [-0.2, -0.15) is 0 Å². The number of likely N-dealkylation sites (tertiary alicyclic amines) is 1. The van der Waals surface area contributed by atoms with E-state index in [1.54, 1.807) is 18.2 Å². The predicted octanol–water partition coefficient (Wildman–Crippen LogP) is 4.39. The summed E-state index contributed by atoms with van der Waals surface area (Å²) in [7, 11) is 0. The Bertz CT molecular complexity index is 546. The molecule has 2 rings (SSSR count). The fourth-order valence-electron chi connectivity index (χ4n) is 3.03. The molecule has 4 nitrogen and oxygen atoms in total. The molecule has 1 aromatic rings. The lowest BCUT2D eigenvalue weighted by atomic mass is 9.96. The SMILES string of the molecule is CCCCCNC(=O)C1CCN(CCOc2ccc(Cl)cc2Cl)CC1. The summed E-state index contributed by atoms with van der Waals surface area (Å²) in [4.78, 5) is 14.5. The predicted molar refractivity (Wildman–Crippen MR) is 104 cm³/mol. The van der Waals surface area contributed by atoms with Crippen LogP contribution >= 0.6 is 23.2 Å². The number of hydrogen-bond acceptors (Lipinski definition) is 3. The molecular formula is C19H28Cl2N2O2. The Morgan fingerprint density at radius 3 is 2.72 bits per heavy atom. The lowest BCUT2D eigenvalue weighted by molar-refractivity contribution is -0.126. The Kier molecular flexibility index (Phi) is 8.87. The molecule has 1 N–H and O–H groups in total. The van der Waals surface area contributed by atoms with Gasteiger partial charge in [0.25, 0.3) is 0 Å². The highest BCUT2D eigenvalue weighted by Crippen LogP contribution is 2.27. The molecule has 0 atom stereocenters. The summed E-state index contributed by atoms with van der Waals surface area (Å²) in [6.07, 6.45) is 5.27. The largest absolute Gasteiger partial charge is 0.491 e. The summed E-state index contributed by atoms with van der Waals surface area (Å²) in [5.74, 6) is 1.04. The Morgan fingerprint density at radius 1 is 1.28 bits per heavy atom. The third-order valence-corrected chi connectivity index (χ3v) is 5.13. The molecule has 1 aliphatic rings. The summed E-state index contributed by atoms with van der Waals surface area (Å²) in [6, 6.07) is 5.25. The Morgan fingerprint density at radius 2 is 2.04 bits per heavy atom. The molecule has 1 aliphatic heterocycles. The molecule has 0 aliphatic carbocycles. The van der Waals surface area contributed by atoms with Crippen LogP contribution in [-0.2, 0) is 4.79 Å². The lowest BCUT2D eigenvalue weighted by Crippen LogP contribution is -2.42. The number of carbonyl (C=O) groups is 1. The van der Waals surface area contributed by atoms with Crippen LogP contribution in [0.2, 0.25) is 10.0 Å². The van der Waals surface area contributed by atoms with Crippen LogP contribution in [0.5, 0.6) is 5.75 Å². The first-order chi connectivity index (χ1) is 12.1. The van der Waals surface area contributed by atoms with Gasteiger partial charge in [0.05, 0.1) is 5.02 Å². The van der Waals surface area contributed by atoms with E-state index in [9.17, 15) is 4.79 Å². The second kappa shape index (κ2) is 10.9. The Labute approximate surface area is 160 Å². The molecule has 1 amide bonds. The molecule has 25 heavy (non-hydrogen) atoms. The van der Waals surface area contributed by atoms with Crippen molar-refractivity contribution in [2.75, 3.05) is 32.8 Å². The van der Waals surface area contributed by atoms with Crippen LogP contribution in [0.4, 0.5) is 0 Å². The van der Waals surface area contributed by atoms with E-state index in [2.05, 4.69) is 17.1 Å². The van der Waals surface area contributed by atoms with Crippen molar-refractivity contribution in [3.05, 3.63) is 28.2 Å². The summed E-state index contributed by atoms with van der Waals surface area (Å²) < 4.78 is 5.73. The van der Waals surface area contributed by atoms with E-state index in [-0.39, 0.29) is 11.8 Å². The number of nitrogens with zero attached hydrogens (tertiary/aromatic N) is 1. The zero-order valence-electron chi connectivity index (χ0n) is 14.9. The minimum Gasteiger partial charge on any atom is -0.491 e. The molecule has 0 radical (unpaired) electrons. The minimum absolute atomic E-state index is 0.157. The molecule has 1 aromatic carbocycles. The van der Waals surface area contributed by atoms with Crippen LogP contribution in [0, 0.1) is 5.92 Å². The molecule has 0 bridgehead atoms. The molecule has 1 fully saturated rings. The van der Waals surface area contributed by atoms with Gasteiger partial charge in [-0.25, -0.2) is 0 Å². The first-order valence-electron chi connectivity index (χ1n) is 9.18. The van der Waals surface area contributed by atoms with Crippen LogP contribution in [0.15, 0.2) is 18.2 Å². The fourth-order valence-corrected chi connectivity index (χ4v) is 3.49. The van der Waals surface area contributed by atoms with E-state index >= 15 is 0 Å². The van der Waals surface area contributed by atoms with Gasteiger partial charge < -0.3 is 10.1 Å². The standard InChI is InChI=1S/C19H28Cl2N2O2/c1-2-3-4-9-22-19(24)15-7-10-23(11-8-15)12-13-25-18-6-5-16(20)14-17(18)21/h5-6,14-15H,2-4,7-13H2,1H3,(H,22,24). The molecule has 140 valence electrons. The maximum Gasteiger partial charge on any atom is 0.223 e. The third-order valence-electron chi connectivity index (χ3n) is 4.60. The van der Waals surface area contributed by atoms with Crippen molar-refractivity contribution in [3.63, 3.8) is 0 Å². The van der Waals surface area contributed by atoms with Gasteiger partial charge >= 0.3 is 0 Å². The zero-order chi connectivity index (χ0) is 18.1. The highest BCUT2D eigenvalue weighted by molar-refractivity contribution is 6.35. The van der Waals surface area contributed by atoms with Crippen molar-refractivity contribution < 1.29 is 9.53 Å². The summed E-state index contributed by atoms with van der Waals surface area (Å²) >= 11 is 12.0. The molecule has 0 aromatic heterocycles. The van der Waals surface area contributed by atoms with Crippen molar-refractivity contribution in [2.24, 2.45) is 5.92 Å². The van der Waals surface area contributed by atoms with E-state index in [4.69, 9.17) is 27.9 Å². The van der Waals surface area contributed by atoms with Crippen LogP contribution in [-0.4, -0.2) is 43.6 Å². The topological polar surface area (TPSA) is 41.6 Å². The average Bonchev–Trinajstić information content (AvgIpc) is 2.61. The second-order valence-electron chi connectivity index (χ2n) is 6.54. The van der Waals surface area contributed by atoms with Crippen LogP contribution in [0.25, 0.3) is 0 Å². The highest BCUT2D eigenvalue weighted by atomic mass is 35.5. The fraction of sp³-hybridized carbons (Fsp3) is 0.632. The maximum absolute atomic E-state index is 12.2. The van der Waals surface area contributed by atoms with Gasteiger partial charge in [0.1, 0.15) is 12.4 Å². The number of hydrogen-bond donors (Lipinski definition) is 1. The van der Waals surface area contributed by atoms with E-state index in [0.29, 0.717) is 22.4 Å². The second-order valence-corrected chi connectivity index (χ2v) is 7.38. The maximum atomic E-state index is 12.2. The van der Waals surface area contributed by atoms with Gasteiger partial charge in [0.15, 0.2) is 0 Å². The van der Waals surface area contributed by atoms with Gasteiger partial charge in [0, 0.05) is 24.0 Å². The molecule has 0 saturated carbocycles. The van der Waals surface area contributed by atoms with Crippen molar-refractivity contribution in [2.45, 2.75) is 39.0 Å². The normalized spacial score (nSPS) is 16.0. The number of unbranched alkanes of at least 4 members (excludes halogenated alkanes) is 2.